The highest BCUT2D eigenvalue weighted by molar-refractivity contribution is 6.23. The SMILES string of the molecule is CC(=O)N1CCN(c2c(F)cc(-n3c(N)c4c(cc3=O)C(=O)NC4=O)cc2F)CC1. The van der Waals surface area contributed by atoms with E-state index in [9.17, 15) is 28.0 Å². The summed E-state index contributed by atoms with van der Waals surface area (Å²) in [5.41, 5.74) is 4.21. The minimum atomic E-state index is -0.923. The molecular formula is C19H17F2N5O4. The van der Waals surface area contributed by atoms with Crippen molar-refractivity contribution in [2.24, 2.45) is 0 Å². The molecule has 0 unspecified atom stereocenters. The molecule has 1 saturated heterocycles. The van der Waals surface area contributed by atoms with Crippen LogP contribution in [-0.4, -0.2) is 53.4 Å². The summed E-state index contributed by atoms with van der Waals surface area (Å²) < 4.78 is 30.5. The number of halogens is 2. The van der Waals surface area contributed by atoms with E-state index in [0.717, 1.165) is 22.8 Å². The van der Waals surface area contributed by atoms with Gasteiger partial charge in [-0.05, 0) is 0 Å². The lowest BCUT2D eigenvalue weighted by Crippen LogP contribution is -2.48. The molecule has 9 nitrogen and oxygen atoms in total. The maximum absolute atomic E-state index is 14.9. The molecule has 3 amide bonds. The van der Waals surface area contributed by atoms with E-state index in [0.29, 0.717) is 13.1 Å². The quantitative estimate of drug-likeness (QED) is 0.677. The van der Waals surface area contributed by atoms with E-state index in [1.165, 1.54) is 11.8 Å². The normalized spacial score (nSPS) is 16.0. The number of aromatic nitrogens is 1. The van der Waals surface area contributed by atoms with Crippen LogP contribution in [0, 0.1) is 11.6 Å². The predicted octanol–water partition coefficient (Wildman–Crippen LogP) is 0.250. The van der Waals surface area contributed by atoms with Crippen molar-refractivity contribution in [1.82, 2.24) is 14.8 Å². The van der Waals surface area contributed by atoms with Gasteiger partial charge >= 0.3 is 0 Å². The summed E-state index contributed by atoms with van der Waals surface area (Å²) in [6.07, 6.45) is 0. The Labute approximate surface area is 168 Å². The van der Waals surface area contributed by atoms with Crippen LogP contribution in [0.25, 0.3) is 5.69 Å². The van der Waals surface area contributed by atoms with Gasteiger partial charge in [0, 0.05) is 51.3 Å². The Hall–Kier alpha value is -3.76. The first kappa shape index (κ1) is 19.6. The second-order valence-corrected chi connectivity index (χ2v) is 7.03. The highest BCUT2D eigenvalue weighted by Crippen LogP contribution is 2.29. The average Bonchev–Trinajstić information content (AvgIpc) is 2.95. The zero-order valence-corrected chi connectivity index (χ0v) is 15.9. The van der Waals surface area contributed by atoms with Crippen LogP contribution >= 0.6 is 0 Å². The van der Waals surface area contributed by atoms with Gasteiger partial charge in [-0.2, -0.15) is 0 Å². The molecule has 156 valence electrons. The molecule has 2 aliphatic rings. The number of piperazine rings is 1. The Bertz CT molecular complexity index is 1150. The number of carbonyl (C=O) groups is 3. The summed E-state index contributed by atoms with van der Waals surface area (Å²) >= 11 is 0. The lowest BCUT2D eigenvalue weighted by Gasteiger charge is -2.36. The minimum Gasteiger partial charge on any atom is -0.384 e. The molecule has 3 heterocycles. The molecule has 4 rings (SSSR count). The van der Waals surface area contributed by atoms with E-state index in [-0.39, 0.29) is 47.3 Å². The van der Waals surface area contributed by atoms with Crippen LogP contribution in [0.5, 0.6) is 0 Å². The van der Waals surface area contributed by atoms with Gasteiger partial charge < -0.3 is 15.5 Å². The van der Waals surface area contributed by atoms with Crippen molar-refractivity contribution in [2.45, 2.75) is 6.92 Å². The molecule has 0 bridgehead atoms. The number of nitrogen functional groups attached to an aromatic ring is 1. The molecule has 0 atom stereocenters. The molecule has 3 N–H and O–H groups in total. The van der Waals surface area contributed by atoms with E-state index in [4.69, 9.17) is 5.73 Å². The molecule has 0 spiro atoms. The Morgan fingerprint density at radius 3 is 2.17 bits per heavy atom. The van der Waals surface area contributed by atoms with Gasteiger partial charge in [0.05, 0.1) is 16.8 Å². The van der Waals surface area contributed by atoms with Crippen molar-refractivity contribution < 1.29 is 23.2 Å². The van der Waals surface area contributed by atoms with E-state index >= 15 is 0 Å². The number of amides is 3. The van der Waals surface area contributed by atoms with Gasteiger partial charge in [0.15, 0.2) is 11.6 Å². The number of carbonyl (C=O) groups excluding carboxylic acids is 3. The molecular weight excluding hydrogens is 400 g/mol. The van der Waals surface area contributed by atoms with Gasteiger partial charge in [0.1, 0.15) is 11.5 Å². The zero-order valence-electron chi connectivity index (χ0n) is 15.9. The van der Waals surface area contributed by atoms with Gasteiger partial charge in [0.2, 0.25) is 5.91 Å². The molecule has 11 heteroatoms. The molecule has 1 aromatic heterocycles. The smallest absolute Gasteiger partial charge is 0.262 e. The fraction of sp³-hybridized carbons (Fsp3) is 0.263. The van der Waals surface area contributed by atoms with Crippen LogP contribution < -0.4 is 21.5 Å². The molecule has 0 saturated carbocycles. The largest absolute Gasteiger partial charge is 0.384 e. The van der Waals surface area contributed by atoms with Crippen molar-refractivity contribution in [3.05, 3.63) is 51.3 Å². The number of benzene rings is 1. The second kappa shape index (κ2) is 6.94. The monoisotopic (exact) mass is 417 g/mol. The van der Waals surface area contributed by atoms with Gasteiger partial charge in [-0.25, -0.2) is 8.78 Å². The summed E-state index contributed by atoms with van der Waals surface area (Å²) in [7, 11) is 0. The number of nitrogens with zero attached hydrogens (tertiary/aromatic N) is 3. The van der Waals surface area contributed by atoms with Gasteiger partial charge in [0.25, 0.3) is 17.4 Å². The summed E-state index contributed by atoms with van der Waals surface area (Å²) in [6, 6.07) is 2.78. The topological polar surface area (TPSA) is 118 Å². The van der Waals surface area contributed by atoms with Crippen LogP contribution in [0.3, 0.4) is 0 Å². The lowest BCUT2D eigenvalue weighted by molar-refractivity contribution is -0.129. The Morgan fingerprint density at radius 1 is 1.00 bits per heavy atom. The van der Waals surface area contributed by atoms with Crippen LogP contribution in [0.4, 0.5) is 20.3 Å². The summed E-state index contributed by atoms with van der Waals surface area (Å²) in [5.74, 6) is -3.89. The molecule has 0 aliphatic carbocycles. The number of rotatable bonds is 2. The number of nitrogens with two attached hydrogens (primary N) is 1. The molecule has 1 fully saturated rings. The van der Waals surface area contributed by atoms with E-state index in [1.807, 2.05) is 5.32 Å². The third-order valence-corrected chi connectivity index (χ3v) is 5.25. The maximum Gasteiger partial charge on any atom is 0.262 e. The fourth-order valence-corrected chi connectivity index (χ4v) is 3.77. The molecule has 0 radical (unpaired) electrons. The van der Waals surface area contributed by atoms with E-state index in [1.54, 1.807) is 4.90 Å². The summed E-state index contributed by atoms with van der Waals surface area (Å²) in [4.78, 5) is 50.6. The number of hydrogen-bond acceptors (Lipinski definition) is 6. The fourth-order valence-electron chi connectivity index (χ4n) is 3.77. The van der Waals surface area contributed by atoms with Crippen molar-refractivity contribution in [1.29, 1.82) is 0 Å². The first-order chi connectivity index (χ1) is 14.2. The molecule has 1 aromatic carbocycles. The lowest BCUT2D eigenvalue weighted by atomic mass is 10.1. The third-order valence-electron chi connectivity index (χ3n) is 5.25. The molecule has 2 aromatic rings. The third kappa shape index (κ3) is 2.98. The Morgan fingerprint density at radius 2 is 1.60 bits per heavy atom. The van der Waals surface area contributed by atoms with Crippen molar-refractivity contribution in [3.8, 4) is 5.69 Å². The number of pyridine rings is 1. The van der Waals surface area contributed by atoms with E-state index in [2.05, 4.69) is 0 Å². The first-order valence-corrected chi connectivity index (χ1v) is 9.10. The van der Waals surface area contributed by atoms with Gasteiger partial charge in [-0.1, -0.05) is 0 Å². The highest BCUT2D eigenvalue weighted by atomic mass is 19.1. The van der Waals surface area contributed by atoms with Gasteiger partial charge in [-0.3, -0.25) is 29.1 Å². The van der Waals surface area contributed by atoms with Crippen LogP contribution in [-0.2, 0) is 4.79 Å². The average molecular weight is 417 g/mol. The van der Waals surface area contributed by atoms with Crippen molar-refractivity contribution >= 4 is 29.2 Å². The standard InChI is InChI=1S/C19H17F2N5O4/c1-9(27)24-2-4-25(5-3-24)16-12(20)6-10(7-13(16)21)26-14(28)8-11-15(17(26)22)19(30)23-18(11)29/h6-8H,2-5,22H2,1H3,(H,23,29,30). The number of anilines is 2. The number of hydrogen-bond donors (Lipinski definition) is 2. The zero-order chi connectivity index (χ0) is 21.7. The summed E-state index contributed by atoms with van der Waals surface area (Å²) in [6.45, 7) is 2.58. The second-order valence-electron chi connectivity index (χ2n) is 7.03. The number of nitrogens with one attached hydrogen (secondary N) is 1. The van der Waals surface area contributed by atoms with Crippen LogP contribution in [0.1, 0.15) is 27.6 Å². The van der Waals surface area contributed by atoms with Crippen LogP contribution in [0.15, 0.2) is 23.0 Å². The molecule has 30 heavy (non-hydrogen) atoms. The van der Waals surface area contributed by atoms with Crippen LogP contribution in [0.2, 0.25) is 0 Å². The number of fused-ring (bicyclic) bond motifs is 1. The highest BCUT2D eigenvalue weighted by Gasteiger charge is 2.32. The maximum atomic E-state index is 14.9. The molecule has 2 aliphatic heterocycles. The predicted molar refractivity (Wildman–Crippen MR) is 103 cm³/mol. The Kier molecular flexibility index (Phi) is 4.52. The van der Waals surface area contributed by atoms with Gasteiger partial charge in [-0.15, -0.1) is 0 Å². The van der Waals surface area contributed by atoms with Crippen molar-refractivity contribution in [2.75, 3.05) is 36.8 Å². The Balaban J connectivity index is 1.74. The van der Waals surface area contributed by atoms with E-state index < -0.39 is 29.0 Å². The minimum absolute atomic E-state index is 0.111. The number of imide groups is 1. The van der Waals surface area contributed by atoms with Crippen molar-refractivity contribution in [3.63, 3.8) is 0 Å². The first-order valence-electron chi connectivity index (χ1n) is 9.10. The summed E-state index contributed by atoms with van der Waals surface area (Å²) in [5, 5.41) is 2.02.